The van der Waals surface area contributed by atoms with Gasteiger partial charge in [-0.15, -0.1) is 10.2 Å². The first-order valence-corrected chi connectivity index (χ1v) is 9.43. The molecule has 1 fully saturated rings. The van der Waals surface area contributed by atoms with Gasteiger partial charge in [-0.3, -0.25) is 4.40 Å². The van der Waals surface area contributed by atoms with Crippen molar-refractivity contribution < 1.29 is 13.5 Å². The van der Waals surface area contributed by atoms with Crippen LogP contribution in [-0.2, 0) is 4.74 Å². The highest BCUT2D eigenvalue weighted by atomic mass is 19.1. The van der Waals surface area contributed by atoms with E-state index < -0.39 is 5.82 Å². The molecule has 5 rings (SSSR count). The number of nitrogens with zero attached hydrogens (tertiary/aromatic N) is 5. The Bertz CT molecular complexity index is 1210. The van der Waals surface area contributed by atoms with Crippen molar-refractivity contribution in [3.63, 3.8) is 0 Å². The van der Waals surface area contributed by atoms with Crippen molar-refractivity contribution in [2.45, 2.75) is 13.8 Å². The van der Waals surface area contributed by atoms with E-state index in [2.05, 4.69) is 15.2 Å². The van der Waals surface area contributed by atoms with E-state index in [0.717, 1.165) is 5.56 Å². The number of benzene rings is 2. The van der Waals surface area contributed by atoms with Gasteiger partial charge in [0.1, 0.15) is 23.3 Å². The quantitative estimate of drug-likeness (QED) is 0.524. The molecule has 2 aromatic carbocycles. The lowest BCUT2D eigenvalue weighted by molar-refractivity contribution is -0.0267. The van der Waals surface area contributed by atoms with E-state index in [9.17, 15) is 4.39 Å². The number of halogens is 2. The average molecular weight is 395 g/mol. The third-order valence-corrected chi connectivity index (χ3v) is 5.21. The average Bonchev–Trinajstić information content (AvgIpc) is 3.01. The van der Waals surface area contributed by atoms with Crippen molar-refractivity contribution in [1.82, 2.24) is 19.6 Å². The molecule has 4 aromatic rings. The topological polar surface area (TPSA) is 55.5 Å². The van der Waals surface area contributed by atoms with Gasteiger partial charge in [0.2, 0.25) is 0 Å². The van der Waals surface area contributed by atoms with Gasteiger partial charge in [0.25, 0.3) is 5.78 Å². The molecular formula is C21H19F2N5O. The SMILES string of the molecule is Cc1cc(F)cc(N(CC2COC2)c2nc3nnc(C)n3c3cccc(F)c23)c1. The Morgan fingerprint density at radius 2 is 1.97 bits per heavy atom. The number of hydrogen-bond donors (Lipinski definition) is 0. The second-order valence-corrected chi connectivity index (χ2v) is 7.45. The van der Waals surface area contributed by atoms with E-state index in [1.54, 1.807) is 17.4 Å². The highest BCUT2D eigenvalue weighted by molar-refractivity contribution is 5.94. The summed E-state index contributed by atoms with van der Waals surface area (Å²) < 4.78 is 36.3. The van der Waals surface area contributed by atoms with E-state index in [4.69, 9.17) is 4.74 Å². The predicted octanol–water partition coefficient (Wildman–Crippen LogP) is 3.96. The van der Waals surface area contributed by atoms with Gasteiger partial charge in [-0.2, -0.15) is 4.98 Å². The lowest BCUT2D eigenvalue weighted by Crippen LogP contribution is -2.38. The van der Waals surface area contributed by atoms with Crippen LogP contribution in [0.1, 0.15) is 11.4 Å². The molecular weight excluding hydrogens is 376 g/mol. The number of aryl methyl sites for hydroxylation is 2. The van der Waals surface area contributed by atoms with E-state index in [1.807, 2.05) is 24.0 Å². The van der Waals surface area contributed by atoms with Gasteiger partial charge in [0, 0.05) is 18.2 Å². The van der Waals surface area contributed by atoms with Crippen LogP contribution in [0.2, 0.25) is 0 Å². The molecule has 0 atom stereocenters. The third-order valence-electron chi connectivity index (χ3n) is 5.21. The van der Waals surface area contributed by atoms with E-state index in [1.165, 1.54) is 18.2 Å². The first-order chi connectivity index (χ1) is 14.0. The first kappa shape index (κ1) is 17.9. The molecule has 0 bridgehead atoms. The van der Waals surface area contributed by atoms with E-state index in [0.29, 0.717) is 53.8 Å². The third kappa shape index (κ3) is 3.00. The molecule has 0 radical (unpaired) electrons. The fourth-order valence-corrected chi connectivity index (χ4v) is 3.81. The van der Waals surface area contributed by atoms with Crippen LogP contribution in [0, 0.1) is 31.4 Å². The van der Waals surface area contributed by atoms with Crippen molar-refractivity contribution in [1.29, 1.82) is 0 Å². The van der Waals surface area contributed by atoms with Crippen LogP contribution in [0.4, 0.5) is 20.3 Å². The Balaban J connectivity index is 1.80. The minimum absolute atomic E-state index is 0.248. The molecule has 148 valence electrons. The highest BCUT2D eigenvalue weighted by Crippen LogP contribution is 2.35. The van der Waals surface area contributed by atoms with Gasteiger partial charge in [-0.1, -0.05) is 6.07 Å². The summed E-state index contributed by atoms with van der Waals surface area (Å²) in [6.07, 6.45) is 0. The van der Waals surface area contributed by atoms with Crippen LogP contribution in [0.3, 0.4) is 0 Å². The van der Waals surface area contributed by atoms with E-state index >= 15 is 4.39 Å². The Kier molecular flexibility index (Phi) is 4.16. The van der Waals surface area contributed by atoms with Gasteiger partial charge in [0.05, 0.1) is 24.1 Å². The molecule has 1 aliphatic heterocycles. The fourth-order valence-electron chi connectivity index (χ4n) is 3.81. The highest BCUT2D eigenvalue weighted by Gasteiger charge is 2.27. The van der Waals surface area contributed by atoms with Gasteiger partial charge in [-0.25, -0.2) is 8.78 Å². The summed E-state index contributed by atoms with van der Waals surface area (Å²) in [7, 11) is 0. The summed E-state index contributed by atoms with van der Waals surface area (Å²) in [5.74, 6) is 0.892. The number of rotatable bonds is 4. The molecule has 0 spiro atoms. The minimum Gasteiger partial charge on any atom is -0.381 e. The monoisotopic (exact) mass is 395 g/mol. The summed E-state index contributed by atoms with van der Waals surface area (Å²) in [5.41, 5.74) is 2.02. The minimum atomic E-state index is -0.400. The van der Waals surface area contributed by atoms with Gasteiger partial charge in [0.15, 0.2) is 0 Å². The molecule has 0 saturated carbocycles. The molecule has 0 unspecified atom stereocenters. The Morgan fingerprint density at radius 1 is 1.14 bits per heavy atom. The Labute approximate surface area is 165 Å². The zero-order chi connectivity index (χ0) is 20.1. The van der Waals surface area contributed by atoms with Crippen LogP contribution in [0.25, 0.3) is 16.7 Å². The Hall–Kier alpha value is -3.13. The standard InChI is InChI=1S/C21H19F2N5O/c1-12-6-15(22)8-16(7-12)27(9-14-10-29-11-14)20-19-17(23)4-3-5-18(19)28-13(2)25-26-21(28)24-20/h3-8,14H,9-11H2,1-2H3. The largest absolute Gasteiger partial charge is 0.381 e. The molecule has 0 amide bonds. The van der Waals surface area contributed by atoms with Crippen molar-refractivity contribution in [3.05, 3.63) is 59.4 Å². The maximum absolute atomic E-state index is 15.1. The summed E-state index contributed by atoms with van der Waals surface area (Å²) in [5, 5.41) is 8.58. The molecule has 3 heterocycles. The molecule has 2 aromatic heterocycles. The predicted molar refractivity (Wildman–Crippen MR) is 105 cm³/mol. The maximum atomic E-state index is 15.1. The summed E-state index contributed by atoms with van der Waals surface area (Å²) in [6, 6.07) is 9.65. The maximum Gasteiger partial charge on any atom is 0.257 e. The smallest absolute Gasteiger partial charge is 0.257 e. The number of fused-ring (bicyclic) bond motifs is 3. The molecule has 29 heavy (non-hydrogen) atoms. The first-order valence-electron chi connectivity index (χ1n) is 9.43. The normalized spacial score (nSPS) is 14.5. The molecule has 8 heteroatoms. The molecule has 1 saturated heterocycles. The summed E-state index contributed by atoms with van der Waals surface area (Å²) in [4.78, 5) is 6.50. The lowest BCUT2D eigenvalue weighted by Gasteiger charge is -2.34. The zero-order valence-corrected chi connectivity index (χ0v) is 16.1. The zero-order valence-electron chi connectivity index (χ0n) is 16.1. The number of aromatic nitrogens is 4. The van der Waals surface area contributed by atoms with Crippen molar-refractivity contribution in [2.24, 2.45) is 5.92 Å². The van der Waals surface area contributed by atoms with Crippen LogP contribution >= 0.6 is 0 Å². The van der Waals surface area contributed by atoms with Crippen molar-refractivity contribution >= 4 is 28.2 Å². The molecule has 6 nitrogen and oxygen atoms in total. The second-order valence-electron chi connectivity index (χ2n) is 7.45. The van der Waals surface area contributed by atoms with Crippen molar-refractivity contribution in [3.8, 4) is 0 Å². The second kappa shape index (κ2) is 6.73. The number of anilines is 2. The van der Waals surface area contributed by atoms with Crippen molar-refractivity contribution in [2.75, 3.05) is 24.7 Å². The number of hydrogen-bond acceptors (Lipinski definition) is 5. The van der Waals surface area contributed by atoms with E-state index in [-0.39, 0.29) is 11.7 Å². The fraction of sp³-hybridized carbons (Fsp3) is 0.286. The van der Waals surface area contributed by atoms with Crippen LogP contribution < -0.4 is 4.90 Å². The van der Waals surface area contributed by atoms with Crippen LogP contribution in [0.5, 0.6) is 0 Å². The van der Waals surface area contributed by atoms with Crippen LogP contribution in [-0.4, -0.2) is 39.3 Å². The van der Waals surface area contributed by atoms with Gasteiger partial charge < -0.3 is 9.64 Å². The van der Waals surface area contributed by atoms with Gasteiger partial charge >= 0.3 is 0 Å². The molecule has 0 N–H and O–H groups in total. The molecule has 1 aliphatic rings. The lowest BCUT2D eigenvalue weighted by atomic mass is 10.1. The summed E-state index contributed by atoms with van der Waals surface area (Å²) >= 11 is 0. The molecule has 0 aliphatic carbocycles. The van der Waals surface area contributed by atoms with Crippen LogP contribution in [0.15, 0.2) is 36.4 Å². The summed E-state index contributed by atoms with van der Waals surface area (Å²) in [6.45, 7) is 5.37. The van der Waals surface area contributed by atoms with Gasteiger partial charge in [-0.05, 0) is 49.7 Å². The number of ether oxygens (including phenoxy) is 1. The Morgan fingerprint density at radius 3 is 2.69 bits per heavy atom.